The monoisotopic (exact) mass is 208 g/mol. The first-order valence-corrected chi connectivity index (χ1v) is 5.22. The molecule has 1 saturated heterocycles. The summed E-state index contributed by atoms with van der Waals surface area (Å²) in [7, 11) is 9.29. The summed E-state index contributed by atoms with van der Waals surface area (Å²) in [4.78, 5) is 0. The second-order valence-corrected chi connectivity index (χ2v) is 4.45. The third kappa shape index (κ3) is 1.25. The van der Waals surface area contributed by atoms with E-state index >= 15 is 0 Å². The Bertz CT molecular complexity index is 281. The molecule has 5 atom stereocenters. The first kappa shape index (κ1) is 11.2. The van der Waals surface area contributed by atoms with E-state index in [2.05, 4.69) is 13.5 Å². The van der Waals surface area contributed by atoms with Crippen molar-refractivity contribution in [2.24, 2.45) is 11.8 Å². The molecule has 0 aromatic heterocycles. The number of methoxy groups -OCH3 is 2. The summed E-state index contributed by atoms with van der Waals surface area (Å²) in [6.45, 7) is 6.69. The quantitative estimate of drug-likeness (QED) is 0.505. The van der Waals surface area contributed by atoms with Gasteiger partial charge in [0.1, 0.15) is 13.4 Å². The smallest absolute Gasteiger partial charge is 0.124 e. The van der Waals surface area contributed by atoms with Crippen LogP contribution in [0.4, 0.5) is 0 Å². The molecule has 2 aliphatic rings. The average Bonchev–Trinajstić information content (AvgIpc) is 2.58. The summed E-state index contributed by atoms with van der Waals surface area (Å²) in [6.07, 6.45) is -0.0325. The van der Waals surface area contributed by atoms with E-state index in [1.807, 2.05) is 0 Å². The van der Waals surface area contributed by atoms with Crippen molar-refractivity contribution in [1.82, 2.24) is 0 Å². The van der Waals surface area contributed by atoms with E-state index in [0.717, 1.165) is 5.57 Å². The van der Waals surface area contributed by atoms with Crippen LogP contribution in [0.2, 0.25) is 0 Å². The van der Waals surface area contributed by atoms with Crippen molar-refractivity contribution in [3.8, 4) is 0 Å². The summed E-state index contributed by atoms with van der Waals surface area (Å²) in [5.74, 6) is 0.326. The van der Waals surface area contributed by atoms with Gasteiger partial charge in [0.05, 0.1) is 12.7 Å². The normalized spacial score (nSPS) is 48.9. The van der Waals surface area contributed by atoms with E-state index in [0.29, 0.717) is 6.61 Å². The van der Waals surface area contributed by atoms with Crippen molar-refractivity contribution in [2.45, 2.75) is 24.6 Å². The molecule has 4 heteroatoms. The second-order valence-electron chi connectivity index (χ2n) is 4.45. The standard InChI is InChI=1S/C11H17BO3/c1-6-7(2)11(5-13-3)9(14-4)8(6)10(12)15-11/h7-10H,1,5H2,2-4H3/t7?,8-,9?,10+,11-/m0/s1. The Morgan fingerprint density at radius 3 is 2.73 bits per heavy atom. The number of hydrogen-bond acceptors (Lipinski definition) is 3. The summed E-state index contributed by atoms with van der Waals surface area (Å²) in [6, 6.07) is -0.311. The largest absolute Gasteiger partial charge is 0.382 e. The SMILES string of the molecule is [B][C@@H]1O[C@@]2(COC)C(C)C(=C)[C@H]1C2OC. The van der Waals surface area contributed by atoms with Crippen molar-refractivity contribution < 1.29 is 14.2 Å². The van der Waals surface area contributed by atoms with Crippen LogP contribution >= 0.6 is 0 Å². The van der Waals surface area contributed by atoms with Gasteiger partial charge < -0.3 is 14.2 Å². The highest BCUT2D eigenvalue weighted by Crippen LogP contribution is 2.54. The van der Waals surface area contributed by atoms with E-state index in [-0.39, 0.29) is 23.9 Å². The molecule has 2 rings (SSSR count). The summed E-state index contributed by atoms with van der Waals surface area (Å²) >= 11 is 0. The van der Waals surface area contributed by atoms with Gasteiger partial charge in [0.2, 0.25) is 0 Å². The molecule has 1 heterocycles. The predicted octanol–water partition coefficient (Wildman–Crippen LogP) is 0.733. The van der Waals surface area contributed by atoms with Crippen molar-refractivity contribution in [3.05, 3.63) is 12.2 Å². The van der Waals surface area contributed by atoms with Gasteiger partial charge in [-0.05, 0) is 0 Å². The lowest BCUT2D eigenvalue weighted by molar-refractivity contribution is -0.132. The molecule has 0 amide bonds. The van der Waals surface area contributed by atoms with Gasteiger partial charge in [-0.3, -0.25) is 0 Å². The molecular formula is C11H17BO3. The first-order chi connectivity index (χ1) is 7.08. The van der Waals surface area contributed by atoms with Crippen LogP contribution in [0.15, 0.2) is 12.2 Å². The topological polar surface area (TPSA) is 27.7 Å². The van der Waals surface area contributed by atoms with Crippen LogP contribution in [0.1, 0.15) is 6.92 Å². The number of rotatable bonds is 3. The molecule has 82 valence electrons. The van der Waals surface area contributed by atoms with Crippen LogP contribution in [0.3, 0.4) is 0 Å². The Kier molecular flexibility index (Phi) is 2.69. The maximum atomic E-state index is 5.94. The molecule has 2 bridgehead atoms. The van der Waals surface area contributed by atoms with E-state index in [9.17, 15) is 0 Å². The lowest BCUT2D eigenvalue weighted by atomic mass is 9.81. The molecule has 15 heavy (non-hydrogen) atoms. The highest BCUT2D eigenvalue weighted by Gasteiger charge is 2.64. The molecular weight excluding hydrogens is 191 g/mol. The molecule has 0 aromatic carbocycles. The molecule has 0 N–H and O–H groups in total. The Morgan fingerprint density at radius 1 is 1.53 bits per heavy atom. The molecule has 0 spiro atoms. The third-order valence-electron chi connectivity index (χ3n) is 3.86. The molecule has 1 saturated carbocycles. The van der Waals surface area contributed by atoms with Gasteiger partial charge in [-0.2, -0.15) is 0 Å². The molecule has 0 aromatic rings. The average molecular weight is 208 g/mol. The van der Waals surface area contributed by atoms with Gasteiger partial charge in [0, 0.05) is 32.1 Å². The fourth-order valence-electron chi connectivity index (χ4n) is 3.04. The molecule has 1 aliphatic heterocycles. The Balaban J connectivity index is 2.36. The van der Waals surface area contributed by atoms with E-state index < -0.39 is 5.60 Å². The zero-order chi connectivity index (χ0) is 11.2. The Labute approximate surface area is 92.2 Å². The van der Waals surface area contributed by atoms with Crippen LogP contribution in [0, 0.1) is 11.8 Å². The zero-order valence-corrected chi connectivity index (χ0v) is 9.53. The van der Waals surface area contributed by atoms with Crippen molar-refractivity contribution in [1.29, 1.82) is 0 Å². The van der Waals surface area contributed by atoms with Crippen LogP contribution < -0.4 is 0 Å². The molecule has 2 radical (unpaired) electrons. The van der Waals surface area contributed by atoms with Gasteiger partial charge in [-0.15, -0.1) is 0 Å². The van der Waals surface area contributed by atoms with E-state index in [4.69, 9.17) is 22.1 Å². The summed E-state index contributed by atoms with van der Waals surface area (Å²) < 4.78 is 16.6. The minimum absolute atomic E-state index is 0.0325. The van der Waals surface area contributed by atoms with Crippen molar-refractivity contribution >= 4 is 7.85 Å². The fraction of sp³-hybridized carbons (Fsp3) is 0.818. The Hall–Kier alpha value is -0.315. The van der Waals surface area contributed by atoms with E-state index in [1.165, 1.54) is 0 Å². The number of fused-ring (bicyclic) bond motifs is 2. The summed E-state index contributed by atoms with van der Waals surface area (Å²) in [5.41, 5.74) is 0.683. The second kappa shape index (κ2) is 3.61. The summed E-state index contributed by atoms with van der Waals surface area (Å²) in [5, 5.41) is 0. The van der Waals surface area contributed by atoms with Crippen molar-refractivity contribution in [2.75, 3.05) is 20.8 Å². The van der Waals surface area contributed by atoms with Gasteiger partial charge in [0.25, 0.3) is 0 Å². The Morgan fingerprint density at radius 2 is 2.20 bits per heavy atom. The zero-order valence-electron chi connectivity index (χ0n) is 9.53. The third-order valence-corrected chi connectivity index (χ3v) is 3.86. The van der Waals surface area contributed by atoms with Gasteiger partial charge in [-0.1, -0.05) is 19.1 Å². The van der Waals surface area contributed by atoms with Crippen molar-refractivity contribution in [3.63, 3.8) is 0 Å². The van der Waals surface area contributed by atoms with Gasteiger partial charge in [0.15, 0.2) is 0 Å². The molecule has 3 nitrogen and oxygen atoms in total. The van der Waals surface area contributed by atoms with Gasteiger partial charge in [-0.25, -0.2) is 0 Å². The lowest BCUT2D eigenvalue weighted by Gasteiger charge is -2.36. The van der Waals surface area contributed by atoms with Crippen LogP contribution in [-0.2, 0) is 14.2 Å². The maximum absolute atomic E-state index is 5.94. The molecule has 1 aliphatic carbocycles. The van der Waals surface area contributed by atoms with E-state index in [1.54, 1.807) is 14.2 Å². The highest BCUT2D eigenvalue weighted by molar-refractivity contribution is 6.12. The van der Waals surface area contributed by atoms with Crippen LogP contribution in [0.25, 0.3) is 0 Å². The first-order valence-electron chi connectivity index (χ1n) is 5.22. The fourth-order valence-corrected chi connectivity index (χ4v) is 3.04. The lowest BCUT2D eigenvalue weighted by Crippen LogP contribution is -2.47. The maximum Gasteiger partial charge on any atom is 0.124 e. The van der Waals surface area contributed by atoms with Crippen LogP contribution in [-0.4, -0.2) is 46.4 Å². The number of hydrogen-bond donors (Lipinski definition) is 0. The van der Waals surface area contributed by atoms with Gasteiger partial charge >= 0.3 is 0 Å². The predicted molar refractivity (Wildman–Crippen MR) is 57.8 cm³/mol. The molecule has 2 fully saturated rings. The van der Waals surface area contributed by atoms with Crippen LogP contribution in [0.5, 0.6) is 0 Å². The minimum Gasteiger partial charge on any atom is -0.382 e. The highest BCUT2D eigenvalue weighted by atomic mass is 16.6. The number of ether oxygens (including phenoxy) is 3. The molecule has 2 unspecified atom stereocenters. The minimum atomic E-state index is -0.440.